The maximum Gasteiger partial charge on any atom is 0.337 e. The van der Waals surface area contributed by atoms with Crippen LogP contribution in [-0.4, -0.2) is 43.1 Å². The molecule has 36 heavy (non-hydrogen) atoms. The summed E-state index contributed by atoms with van der Waals surface area (Å²) >= 11 is 6.32. The van der Waals surface area contributed by atoms with Crippen molar-refractivity contribution < 1.29 is 24.2 Å². The van der Waals surface area contributed by atoms with E-state index in [1.54, 1.807) is 0 Å². The number of amides is 1. The van der Waals surface area contributed by atoms with Crippen LogP contribution in [0.4, 0.5) is 11.4 Å². The lowest BCUT2D eigenvalue weighted by atomic mass is 9.93. The number of carbonyl (C=O) groups is 2. The molecule has 1 aliphatic rings. The van der Waals surface area contributed by atoms with E-state index in [0.717, 1.165) is 30.5 Å². The van der Waals surface area contributed by atoms with Crippen molar-refractivity contribution in [2.75, 3.05) is 36.8 Å². The molecule has 190 valence electrons. The van der Waals surface area contributed by atoms with Crippen LogP contribution in [0.5, 0.6) is 11.5 Å². The van der Waals surface area contributed by atoms with Crippen LogP contribution >= 0.6 is 11.6 Å². The lowest BCUT2D eigenvalue weighted by molar-refractivity contribution is -0.118. The van der Waals surface area contributed by atoms with Gasteiger partial charge in [0, 0.05) is 42.6 Å². The van der Waals surface area contributed by atoms with Gasteiger partial charge >= 0.3 is 5.97 Å². The Kier molecular flexibility index (Phi) is 7.89. The first-order valence-electron chi connectivity index (χ1n) is 12.1. The molecule has 1 heterocycles. The van der Waals surface area contributed by atoms with E-state index in [9.17, 15) is 14.7 Å². The van der Waals surface area contributed by atoms with Gasteiger partial charge in [0.1, 0.15) is 0 Å². The van der Waals surface area contributed by atoms with E-state index in [1.165, 1.54) is 35.6 Å². The Morgan fingerprint density at radius 2 is 1.86 bits per heavy atom. The number of aromatic carboxylic acids is 1. The zero-order valence-corrected chi connectivity index (χ0v) is 21.3. The normalized spacial score (nSPS) is 14.6. The molecule has 0 fully saturated rings. The highest BCUT2D eigenvalue weighted by Gasteiger charge is 2.33. The van der Waals surface area contributed by atoms with Crippen molar-refractivity contribution in [3.05, 3.63) is 59.2 Å². The lowest BCUT2D eigenvalue weighted by Gasteiger charge is -2.19. The van der Waals surface area contributed by atoms with E-state index < -0.39 is 5.97 Å². The number of unbranched alkanes of at least 4 members (excludes halogenated alkanes) is 2. The van der Waals surface area contributed by atoms with Gasteiger partial charge in [-0.2, -0.15) is 0 Å². The molecule has 0 aliphatic carbocycles. The molecule has 8 heteroatoms. The molecule has 7 nitrogen and oxygen atoms in total. The Morgan fingerprint density at radius 3 is 2.56 bits per heavy atom. The molecule has 1 aliphatic heterocycles. The van der Waals surface area contributed by atoms with Crippen LogP contribution in [0.15, 0.2) is 42.5 Å². The number of hydrogen-bond acceptors (Lipinski definition) is 5. The molecule has 0 spiro atoms. The van der Waals surface area contributed by atoms with E-state index in [2.05, 4.69) is 25.1 Å². The van der Waals surface area contributed by atoms with Gasteiger partial charge in [-0.15, -0.1) is 11.6 Å². The van der Waals surface area contributed by atoms with E-state index in [4.69, 9.17) is 26.8 Å². The van der Waals surface area contributed by atoms with Crippen molar-refractivity contribution >= 4 is 45.6 Å². The van der Waals surface area contributed by atoms with Gasteiger partial charge in [-0.05, 0) is 54.2 Å². The number of carboxylic acid groups (broad SMARTS) is 1. The van der Waals surface area contributed by atoms with Gasteiger partial charge in [0.2, 0.25) is 5.91 Å². The van der Waals surface area contributed by atoms with Crippen molar-refractivity contribution in [3.8, 4) is 11.5 Å². The van der Waals surface area contributed by atoms with Gasteiger partial charge in [0.25, 0.3) is 0 Å². The Bertz CT molecular complexity index is 1290. The number of nitrogens with two attached hydrogens (primary N) is 1. The molecule has 3 aromatic rings. The average molecular weight is 511 g/mol. The third kappa shape index (κ3) is 5.07. The van der Waals surface area contributed by atoms with E-state index in [-0.39, 0.29) is 23.1 Å². The van der Waals surface area contributed by atoms with Crippen LogP contribution in [-0.2, 0) is 4.79 Å². The Balaban J connectivity index is 1.33. The number of fused-ring (bicyclic) bond motifs is 3. The third-order valence-electron chi connectivity index (χ3n) is 6.72. The average Bonchev–Trinajstić information content (AvgIpc) is 3.24. The number of benzene rings is 3. The molecule has 4 rings (SSSR count). The molecule has 3 aromatic carbocycles. The summed E-state index contributed by atoms with van der Waals surface area (Å²) in [5, 5.41) is 11.6. The molecular weight excluding hydrogens is 480 g/mol. The van der Waals surface area contributed by atoms with Crippen molar-refractivity contribution in [2.24, 2.45) is 0 Å². The van der Waals surface area contributed by atoms with Gasteiger partial charge in [-0.3, -0.25) is 4.79 Å². The minimum atomic E-state index is -1.12. The largest absolute Gasteiger partial charge is 0.493 e. The van der Waals surface area contributed by atoms with E-state index >= 15 is 0 Å². The summed E-state index contributed by atoms with van der Waals surface area (Å²) in [6, 6.07) is 13.2. The molecule has 3 N–H and O–H groups in total. The SMILES string of the molecule is COc1cc(C(=O)O)c(N)cc1OCCCCCC(=O)N1C[C@@H](CCl)c2c1cc(C)c1ccccc21. The summed E-state index contributed by atoms with van der Waals surface area (Å²) in [6.45, 7) is 3.10. The number of alkyl halides is 1. The van der Waals surface area contributed by atoms with Gasteiger partial charge < -0.3 is 25.2 Å². The molecule has 0 unspecified atom stereocenters. The quantitative estimate of drug-likeness (QED) is 0.205. The fourth-order valence-corrected chi connectivity index (χ4v) is 5.14. The van der Waals surface area contributed by atoms with Crippen LogP contribution in [0.2, 0.25) is 0 Å². The fourth-order valence-electron chi connectivity index (χ4n) is 4.89. The zero-order valence-electron chi connectivity index (χ0n) is 20.6. The Hall–Kier alpha value is -3.45. The Labute approximate surface area is 215 Å². The smallest absolute Gasteiger partial charge is 0.337 e. The number of methoxy groups -OCH3 is 1. The number of carbonyl (C=O) groups excluding carboxylic acids is 1. The molecule has 1 amide bonds. The van der Waals surface area contributed by atoms with Crippen LogP contribution in [0, 0.1) is 6.92 Å². The number of aryl methyl sites for hydroxylation is 1. The second-order valence-electron chi connectivity index (χ2n) is 9.08. The maximum atomic E-state index is 13.2. The van der Waals surface area contributed by atoms with Crippen molar-refractivity contribution in [3.63, 3.8) is 0 Å². The third-order valence-corrected chi connectivity index (χ3v) is 7.09. The summed E-state index contributed by atoms with van der Waals surface area (Å²) in [5.74, 6) is 0.310. The standard InChI is InChI=1S/C28H31ClN2O5/c1-17-12-23-27(20-9-6-5-8-19(17)20)18(15-29)16-31(23)26(32)10-4-3-7-11-36-25-14-22(30)21(28(33)34)13-24(25)35-2/h5-6,8-9,12-14,18H,3-4,7,10-11,15-16,30H2,1-2H3,(H,33,34)/t18-/m1/s1. The van der Waals surface area contributed by atoms with Crippen molar-refractivity contribution in [1.29, 1.82) is 0 Å². The Morgan fingerprint density at radius 1 is 1.11 bits per heavy atom. The summed E-state index contributed by atoms with van der Waals surface area (Å²) in [7, 11) is 1.45. The van der Waals surface area contributed by atoms with E-state index in [0.29, 0.717) is 37.0 Å². The minimum Gasteiger partial charge on any atom is -0.493 e. The van der Waals surface area contributed by atoms with Gasteiger partial charge in [-0.1, -0.05) is 24.3 Å². The van der Waals surface area contributed by atoms with E-state index in [1.807, 2.05) is 17.0 Å². The van der Waals surface area contributed by atoms with Crippen LogP contribution in [0.1, 0.15) is 53.1 Å². The van der Waals surface area contributed by atoms with Gasteiger partial charge in [0.15, 0.2) is 11.5 Å². The number of nitrogen functional groups attached to an aromatic ring is 1. The first-order chi connectivity index (χ1) is 17.3. The molecule has 0 aromatic heterocycles. The predicted molar refractivity (Wildman–Crippen MR) is 143 cm³/mol. The lowest BCUT2D eigenvalue weighted by Crippen LogP contribution is -2.29. The number of rotatable bonds is 10. The number of ether oxygens (including phenoxy) is 2. The number of nitrogens with zero attached hydrogens (tertiary/aromatic N) is 1. The second-order valence-corrected chi connectivity index (χ2v) is 9.39. The van der Waals surface area contributed by atoms with Gasteiger partial charge in [-0.25, -0.2) is 4.79 Å². The minimum absolute atomic E-state index is 0.0270. The monoisotopic (exact) mass is 510 g/mol. The maximum absolute atomic E-state index is 13.2. The number of anilines is 2. The molecular formula is C28H31ClN2O5. The molecule has 0 saturated carbocycles. The summed E-state index contributed by atoms with van der Waals surface area (Å²) in [5.41, 5.74) is 9.23. The van der Waals surface area contributed by atoms with Crippen molar-refractivity contribution in [2.45, 2.75) is 38.5 Å². The summed E-state index contributed by atoms with van der Waals surface area (Å²) in [4.78, 5) is 26.3. The van der Waals surface area contributed by atoms with Gasteiger partial charge in [0.05, 0.1) is 25.0 Å². The van der Waals surface area contributed by atoms with Crippen LogP contribution in [0.3, 0.4) is 0 Å². The molecule has 0 radical (unpaired) electrons. The first kappa shape index (κ1) is 25.6. The van der Waals surface area contributed by atoms with Crippen LogP contribution < -0.4 is 20.1 Å². The summed E-state index contributed by atoms with van der Waals surface area (Å²) in [6.07, 6.45) is 2.74. The number of carboxylic acids is 1. The topological polar surface area (TPSA) is 102 Å². The molecule has 0 bridgehead atoms. The predicted octanol–water partition coefficient (Wildman–Crippen LogP) is 5.75. The van der Waals surface area contributed by atoms with Crippen LogP contribution in [0.25, 0.3) is 10.8 Å². The number of hydrogen-bond donors (Lipinski definition) is 2. The zero-order chi connectivity index (χ0) is 25.8. The highest BCUT2D eigenvalue weighted by molar-refractivity contribution is 6.19. The molecule has 0 saturated heterocycles. The highest BCUT2D eigenvalue weighted by Crippen LogP contribution is 2.43. The second kappa shape index (κ2) is 11.1. The van der Waals surface area contributed by atoms with Crippen molar-refractivity contribution in [1.82, 2.24) is 0 Å². The highest BCUT2D eigenvalue weighted by atomic mass is 35.5. The fraction of sp³-hybridized carbons (Fsp3) is 0.357. The molecule has 1 atom stereocenters. The summed E-state index contributed by atoms with van der Waals surface area (Å²) < 4.78 is 11.0. The number of halogens is 1. The first-order valence-corrected chi connectivity index (χ1v) is 12.6.